The van der Waals surface area contributed by atoms with Gasteiger partial charge in [0.2, 0.25) is 5.91 Å². The Hall–Kier alpha value is -3.49. The van der Waals surface area contributed by atoms with E-state index in [-0.39, 0.29) is 17.6 Å². The van der Waals surface area contributed by atoms with Gasteiger partial charge < -0.3 is 29.0 Å². The van der Waals surface area contributed by atoms with Crippen LogP contribution >= 0.6 is 0 Å². The van der Waals surface area contributed by atoms with Crippen molar-refractivity contribution in [2.75, 3.05) is 40.4 Å². The molecule has 3 rings (SSSR count). The molecule has 1 unspecified atom stereocenters. The third-order valence-electron chi connectivity index (χ3n) is 4.97. The van der Waals surface area contributed by atoms with Crippen LogP contribution in [0.1, 0.15) is 27.8 Å². The summed E-state index contributed by atoms with van der Waals surface area (Å²) in [5.41, 5.74) is 0.492. The SMILES string of the molecule is COc1ccc(C(=O)N2CCN(C(=O)C(C)NC(=O)c3ccco3)CC2)cc1OC. The first kappa shape index (κ1) is 21.2. The molecule has 9 heteroatoms. The fourth-order valence-electron chi connectivity index (χ4n) is 3.29. The third-order valence-corrected chi connectivity index (χ3v) is 4.97. The second-order valence-electron chi connectivity index (χ2n) is 6.86. The lowest BCUT2D eigenvalue weighted by atomic mass is 10.1. The van der Waals surface area contributed by atoms with Crippen LogP contribution in [0.2, 0.25) is 0 Å². The minimum absolute atomic E-state index is 0.137. The minimum Gasteiger partial charge on any atom is -0.493 e. The molecule has 1 aliphatic heterocycles. The lowest BCUT2D eigenvalue weighted by molar-refractivity contribution is -0.134. The lowest BCUT2D eigenvalue weighted by Crippen LogP contribution is -2.55. The fraction of sp³-hybridized carbons (Fsp3) is 0.381. The molecule has 0 bridgehead atoms. The van der Waals surface area contributed by atoms with Gasteiger partial charge >= 0.3 is 0 Å². The maximum absolute atomic E-state index is 12.8. The first-order valence-electron chi connectivity index (χ1n) is 9.59. The van der Waals surface area contributed by atoms with Gasteiger partial charge in [-0.05, 0) is 37.3 Å². The molecule has 1 N–H and O–H groups in total. The molecule has 2 aromatic rings. The number of furan rings is 1. The van der Waals surface area contributed by atoms with Gasteiger partial charge in [-0.2, -0.15) is 0 Å². The van der Waals surface area contributed by atoms with Crippen LogP contribution in [0.5, 0.6) is 11.5 Å². The number of ether oxygens (including phenoxy) is 2. The maximum atomic E-state index is 12.8. The van der Waals surface area contributed by atoms with E-state index in [0.717, 1.165) is 0 Å². The van der Waals surface area contributed by atoms with Crippen LogP contribution < -0.4 is 14.8 Å². The van der Waals surface area contributed by atoms with Crippen LogP contribution in [0.25, 0.3) is 0 Å². The van der Waals surface area contributed by atoms with E-state index in [1.807, 2.05) is 0 Å². The maximum Gasteiger partial charge on any atom is 0.287 e. The molecule has 1 aromatic heterocycles. The molecule has 30 heavy (non-hydrogen) atoms. The summed E-state index contributed by atoms with van der Waals surface area (Å²) in [6, 6.07) is 7.46. The number of nitrogens with one attached hydrogen (secondary N) is 1. The van der Waals surface area contributed by atoms with Crippen molar-refractivity contribution in [1.82, 2.24) is 15.1 Å². The molecule has 0 spiro atoms. The van der Waals surface area contributed by atoms with Crippen molar-refractivity contribution in [3.05, 3.63) is 47.9 Å². The normalized spacial score (nSPS) is 14.8. The molecule has 1 aliphatic rings. The van der Waals surface area contributed by atoms with Gasteiger partial charge in [0, 0.05) is 31.7 Å². The van der Waals surface area contributed by atoms with Crippen molar-refractivity contribution in [3.63, 3.8) is 0 Å². The van der Waals surface area contributed by atoms with Gasteiger partial charge in [0.25, 0.3) is 11.8 Å². The van der Waals surface area contributed by atoms with Crippen LogP contribution in [0.3, 0.4) is 0 Å². The second kappa shape index (κ2) is 9.34. The molecule has 1 aromatic carbocycles. The average Bonchev–Trinajstić information content (AvgIpc) is 3.32. The second-order valence-corrected chi connectivity index (χ2v) is 6.86. The molecule has 1 saturated heterocycles. The number of carbonyl (C=O) groups excluding carboxylic acids is 3. The Morgan fingerprint density at radius 1 is 1.00 bits per heavy atom. The van der Waals surface area contributed by atoms with E-state index >= 15 is 0 Å². The summed E-state index contributed by atoms with van der Waals surface area (Å²) in [4.78, 5) is 40.9. The molecule has 2 heterocycles. The average molecular weight is 415 g/mol. The Morgan fingerprint density at radius 3 is 2.27 bits per heavy atom. The topological polar surface area (TPSA) is 101 Å². The molecule has 1 atom stereocenters. The van der Waals surface area contributed by atoms with E-state index < -0.39 is 11.9 Å². The lowest BCUT2D eigenvalue weighted by Gasteiger charge is -2.36. The first-order chi connectivity index (χ1) is 14.4. The van der Waals surface area contributed by atoms with Gasteiger partial charge in [0.15, 0.2) is 17.3 Å². The van der Waals surface area contributed by atoms with Crippen LogP contribution in [0.15, 0.2) is 41.0 Å². The number of nitrogens with zero attached hydrogens (tertiary/aromatic N) is 2. The number of piperazine rings is 1. The summed E-state index contributed by atoms with van der Waals surface area (Å²) >= 11 is 0. The van der Waals surface area contributed by atoms with Crippen molar-refractivity contribution in [3.8, 4) is 11.5 Å². The molecule has 3 amide bonds. The van der Waals surface area contributed by atoms with E-state index in [1.54, 1.807) is 41.0 Å². The monoisotopic (exact) mass is 415 g/mol. The van der Waals surface area contributed by atoms with Crippen LogP contribution in [-0.2, 0) is 4.79 Å². The number of hydrogen-bond donors (Lipinski definition) is 1. The summed E-state index contributed by atoms with van der Waals surface area (Å²) < 4.78 is 15.5. The van der Waals surface area contributed by atoms with E-state index in [9.17, 15) is 14.4 Å². The van der Waals surface area contributed by atoms with Crippen LogP contribution in [0, 0.1) is 0 Å². The number of methoxy groups -OCH3 is 2. The van der Waals surface area contributed by atoms with E-state index in [2.05, 4.69) is 5.32 Å². The van der Waals surface area contributed by atoms with Crippen molar-refractivity contribution < 1.29 is 28.3 Å². The standard InChI is InChI=1S/C21H25N3O6/c1-14(22-19(25)17-5-4-12-30-17)20(26)23-8-10-24(11-9-23)21(27)15-6-7-16(28-2)18(13-15)29-3/h4-7,12-14H,8-11H2,1-3H3,(H,22,25). The van der Waals surface area contributed by atoms with Gasteiger partial charge in [-0.25, -0.2) is 0 Å². The zero-order valence-corrected chi connectivity index (χ0v) is 17.2. The summed E-state index contributed by atoms with van der Waals surface area (Å²) in [5, 5.41) is 2.63. The molecule has 0 saturated carbocycles. The largest absolute Gasteiger partial charge is 0.493 e. The van der Waals surface area contributed by atoms with Crippen molar-refractivity contribution in [1.29, 1.82) is 0 Å². The van der Waals surface area contributed by atoms with E-state index in [0.29, 0.717) is 43.2 Å². The number of amides is 3. The highest BCUT2D eigenvalue weighted by Crippen LogP contribution is 2.28. The summed E-state index contributed by atoms with van der Waals surface area (Å²) in [5.74, 6) is 0.409. The van der Waals surface area contributed by atoms with Crippen LogP contribution in [0.4, 0.5) is 0 Å². The highest BCUT2D eigenvalue weighted by Gasteiger charge is 2.28. The Bertz CT molecular complexity index is 903. The summed E-state index contributed by atoms with van der Waals surface area (Å²) in [7, 11) is 3.05. The van der Waals surface area contributed by atoms with E-state index in [4.69, 9.17) is 13.9 Å². The Balaban J connectivity index is 1.55. The van der Waals surface area contributed by atoms with E-state index in [1.165, 1.54) is 26.5 Å². The van der Waals surface area contributed by atoms with Crippen molar-refractivity contribution >= 4 is 17.7 Å². The number of rotatable bonds is 6. The smallest absolute Gasteiger partial charge is 0.287 e. The summed E-state index contributed by atoms with van der Waals surface area (Å²) in [6.45, 7) is 3.21. The number of benzene rings is 1. The third kappa shape index (κ3) is 4.56. The Kier molecular flexibility index (Phi) is 6.61. The molecule has 0 radical (unpaired) electrons. The molecule has 9 nitrogen and oxygen atoms in total. The molecule has 160 valence electrons. The zero-order valence-electron chi connectivity index (χ0n) is 17.2. The van der Waals surface area contributed by atoms with Crippen LogP contribution in [-0.4, -0.2) is 74.0 Å². The number of carbonyl (C=O) groups is 3. The molecular weight excluding hydrogens is 390 g/mol. The zero-order chi connectivity index (χ0) is 21.7. The predicted octanol–water partition coefficient (Wildman–Crippen LogP) is 1.40. The molecular formula is C21H25N3O6. The van der Waals surface area contributed by atoms with Gasteiger partial charge in [0.05, 0.1) is 20.5 Å². The Morgan fingerprint density at radius 2 is 1.67 bits per heavy atom. The highest BCUT2D eigenvalue weighted by molar-refractivity contribution is 5.96. The predicted molar refractivity (Wildman–Crippen MR) is 108 cm³/mol. The first-order valence-corrected chi connectivity index (χ1v) is 9.59. The Labute approximate surface area is 174 Å². The van der Waals surface area contributed by atoms with Gasteiger partial charge in [-0.3, -0.25) is 14.4 Å². The van der Waals surface area contributed by atoms with Gasteiger partial charge in [-0.1, -0.05) is 0 Å². The highest BCUT2D eigenvalue weighted by atomic mass is 16.5. The molecule has 1 fully saturated rings. The van der Waals surface area contributed by atoms with Crippen molar-refractivity contribution in [2.24, 2.45) is 0 Å². The van der Waals surface area contributed by atoms with Gasteiger partial charge in [0.1, 0.15) is 6.04 Å². The quantitative estimate of drug-likeness (QED) is 0.765. The van der Waals surface area contributed by atoms with Crippen molar-refractivity contribution in [2.45, 2.75) is 13.0 Å². The number of hydrogen-bond acceptors (Lipinski definition) is 6. The van der Waals surface area contributed by atoms with Gasteiger partial charge in [-0.15, -0.1) is 0 Å². The summed E-state index contributed by atoms with van der Waals surface area (Å²) in [6.07, 6.45) is 1.40. The fourth-order valence-corrected chi connectivity index (χ4v) is 3.29. The molecule has 0 aliphatic carbocycles. The minimum atomic E-state index is -0.698.